The summed E-state index contributed by atoms with van der Waals surface area (Å²) in [6, 6.07) is 8.69. The van der Waals surface area contributed by atoms with Crippen molar-refractivity contribution in [3.05, 3.63) is 34.9 Å². The molecule has 0 unspecified atom stereocenters. The SMILES string of the molecule is CNC[C@H](c1ccc(Cl)cc1)N1CCN(C)CC1. The highest BCUT2D eigenvalue weighted by Gasteiger charge is 2.23. The molecule has 18 heavy (non-hydrogen) atoms. The van der Waals surface area contributed by atoms with Crippen molar-refractivity contribution in [1.29, 1.82) is 0 Å². The Morgan fingerprint density at radius 3 is 2.33 bits per heavy atom. The fourth-order valence-corrected chi connectivity index (χ4v) is 2.60. The molecule has 1 aromatic rings. The van der Waals surface area contributed by atoms with E-state index >= 15 is 0 Å². The molecule has 0 aliphatic carbocycles. The summed E-state index contributed by atoms with van der Waals surface area (Å²) in [5, 5.41) is 4.11. The van der Waals surface area contributed by atoms with E-state index in [2.05, 4.69) is 34.3 Å². The fourth-order valence-electron chi connectivity index (χ4n) is 2.47. The Labute approximate surface area is 115 Å². The Morgan fingerprint density at radius 2 is 1.78 bits per heavy atom. The number of rotatable bonds is 4. The van der Waals surface area contributed by atoms with E-state index in [4.69, 9.17) is 11.6 Å². The Kier molecular flexibility index (Phi) is 5.01. The fraction of sp³-hybridized carbons (Fsp3) is 0.571. The zero-order chi connectivity index (χ0) is 13.0. The molecule has 1 heterocycles. The summed E-state index contributed by atoms with van der Waals surface area (Å²) in [6.45, 7) is 5.53. The molecular formula is C14H22ClN3. The van der Waals surface area contributed by atoms with Crippen molar-refractivity contribution >= 4 is 11.6 Å². The highest BCUT2D eigenvalue weighted by Crippen LogP contribution is 2.23. The van der Waals surface area contributed by atoms with Crippen LogP contribution in [0.3, 0.4) is 0 Å². The van der Waals surface area contributed by atoms with Gasteiger partial charge in [-0.15, -0.1) is 0 Å². The van der Waals surface area contributed by atoms with Gasteiger partial charge in [-0.25, -0.2) is 0 Å². The number of nitrogens with zero attached hydrogens (tertiary/aromatic N) is 2. The summed E-state index contributed by atoms with van der Waals surface area (Å²) in [4.78, 5) is 4.94. The quantitative estimate of drug-likeness (QED) is 0.898. The Balaban J connectivity index is 2.09. The molecule has 1 aliphatic heterocycles. The molecule has 0 aromatic heterocycles. The van der Waals surface area contributed by atoms with Gasteiger partial charge in [0.05, 0.1) is 0 Å². The smallest absolute Gasteiger partial charge is 0.0473 e. The summed E-state index contributed by atoms with van der Waals surface area (Å²) in [7, 11) is 4.20. The zero-order valence-corrected chi connectivity index (χ0v) is 12.0. The van der Waals surface area contributed by atoms with Crippen LogP contribution in [0.1, 0.15) is 11.6 Å². The van der Waals surface area contributed by atoms with Gasteiger partial charge >= 0.3 is 0 Å². The third kappa shape index (κ3) is 3.45. The summed E-state index contributed by atoms with van der Waals surface area (Å²) < 4.78 is 0. The molecule has 1 atom stereocenters. The number of piperazine rings is 1. The molecule has 100 valence electrons. The van der Waals surface area contributed by atoms with Crippen molar-refractivity contribution in [2.45, 2.75) is 6.04 Å². The minimum absolute atomic E-state index is 0.445. The zero-order valence-electron chi connectivity index (χ0n) is 11.2. The van der Waals surface area contributed by atoms with Gasteiger partial charge < -0.3 is 10.2 Å². The molecule has 2 rings (SSSR count). The first-order chi connectivity index (χ1) is 8.70. The van der Waals surface area contributed by atoms with E-state index in [0.29, 0.717) is 6.04 Å². The van der Waals surface area contributed by atoms with Crippen molar-refractivity contribution in [3.8, 4) is 0 Å². The highest BCUT2D eigenvalue weighted by atomic mass is 35.5. The first-order valence-corrected chi connectivity index (χ1v) is 6.91. The van der Waals surface area contributed by atoms with E-state index in [0.717, 1.165) is 37.7 Å². The lowest BCUT2D eigenvalue weighted by molar-refractivity contribution is 0.111. The van der Waals surface area contributed by atoms with Crippen LogP contribution in [0.25, 0.3) is 0 Å². The number of halogens is 1. The van der Waals surface area contributed by atoms with Crippen molar-refractivity contribution in [2.75, 3.05) is 46.8 Å². The van der Waals surface area contributed by atoms with Crippen LogP contribution >= 0.6 is 11.6 Å². The second-order valence-corrected chi connectivity index (χ2v) is 5.40. The molecule has 3 nitrogen and oxygen atoms in total. The van der Waals surface area contributed by atoms with Gasteiger partial charge in [-0.2, -0.15) is 0 Å². The van der Waals surface area contributed by atoms with Gasteiger partial charge in [0.15, 0.2) is 0 Å². The Hall–Kier alpha value is -0.610. The summed E-state index contributed by atoms with van der Waals surface area (Å²) in [5.74, 6) is 0. The van der Waals surface area contributed by atoms with Crippen LogP contribution in [-0.2, 0) is 0 Å². The van der Waals surface area contributed by atoms with E-state index in [-0.39, 0.29) is 0 Å². The van der Waals surface area contributed by atoms with E-state index in [1.807, 2.05) is 19.2 Å². The minimum atomic E-state index is 0.445. The van der Waals surface area contributed by atoms with Crippen molar-refractivity contribution in [3.63, 3.8) is 0 Å². The largest absolute Gasteiger partial charge is 0.318 e. The van der Waals surface area contributed by atoms with Crippen LogP contribution in [0.5, 0.6) is 0 Å². The molecule has 1 aromatic carbocycles. The normalized spacial score (nSPS) is 19.9. The van der Waals surface area contributed by atoms with Gasteiger partial charge in [0.1, 0.15) is 0 Å². The minimum Gasteiger partial charge on any atom is -0.318 e. The molecular weight excluding hydrogens is 246 g/mol. The lowest BCUT2D eigenvalue weighted by atomic mass is 10.0. The molecule has 0 spiro atoms. The average molecular weight is 268 g/mol. The van der Waals surface area contributed by atoms with Crippen LogP contribution in [-0.4, -0.2) is 56.6 Å². The number of hydrogen-bond acceptors (Lipinski definition) is 3. The van der Waals surface area contributed by atoms with Crippen LogP contribution < -0.4 is 5.32 Å². The summed E-state index contributed by atoms with van der Waals surface area (Å²) in [6.07, 6.45) is 0. The van der Waals surface area contributed by atoms with Gasteiger partial charge in [-0.05, 0) is 31.8 Å². The number of nitrogens with one attached hydrogen (secondary N) is 1. The standard InChI is InChI=1S/C14H22ClN3/c1-16-11-14(12-3-5-13(15)6-4-12)18-9-7-17(2)8-10-18/h3-6,14,16H,7-11H2,1-2H3/t14-/m1/s1. The molecule has 0 radical (unpaired) electrons. The summed E-state index contributed by atoms with van der Waals surface area (Å²) >= 11 is 5.96. The molecule has 0 bridgehead atoms. The average Bonchev–Trinajstić information content (AvgIpc) is 2.39. The monoisotopic (exact) mass is 267 g/mol. The van der Waals surface area contributed by atoms with E-state index < -0.39 is 0 Å². The van der Waals surface area contributed by atoms with Crippen molar-refractivity contribution in [2.24, 2.45) is 0 Å². The van der Waals surface area contributed by atoms with Crippen molar-refractivity contribution < 1.29 is 0 Å². The second kappa shape index (κ2) is 6.53. The molecule has 0 saturated carbocycles. The Bertz CT molecular complexity index is 358. The topological polar surface area (TPSA) is 18.5 Å². The lowest BCUT2D eigenvalue weighted by Gasteiger charge is -2.38. The first kappa shape index (κ1) is 13.8. The third-order valence-electron chi connectivity index (χ3n) is 3.63. The van der Waals surface area contributed by atoms with Crippen LogP contribution in [0.15, 0.2) is 24.3 Å². The van der Waals surface area contributed by atoms with Gasteiger partial charge in [0.25, 0.3) is 0 Å². The van der Waals surface area contributed by atoms with Gasteiger partial charge in [0, 0.05) is 43.8 Å². The molecule has 4 heteroatoms. The summed E-state index contributed by atoms with van der Waals surface area (Å²) in [5.41, 5.74) is 1.35. The maximum Gasteiger partial charge on any atom is 0.0473 e. The maximum atomic E-state index is 5.96. The molecule has 0 amide bonds. The number of benzene rings is 1. The van der Waals surface area contributed by atoms with E-state index in [1.54, 1.807) is 0 Å². The maximum absolute atomic E-state index is 5.96. The first-order valence-electron chi connectivity index (χ1n) is 6.53. The van der Waals surface area contributed by atoms with Gasteiger partial charge in [-0.3, -0.25) is 4.90 Å². The highest BCUT2D eigenvalue weighted by molar-refractivity contribution is 6.30. The molecule has 1 saturated heterocycles. The predicted octanol–water partition coefficient (Wildman–Crippen LogP) is 1.85. The molecule has 1 N–H and O–H groups in total. The van der Waals surface area contributed by atoms with Gasteiger partial charge in [0.2, 0.25) is 0 Å². The van der Waals surface area contributed by atoms with Gasteiger partial charge in [-0.1, -0.05) is 23.7 Å². The van der Waals surface area contributed by atoms with Crippen LogP contribution in [0.4, 0.5) is 0 Å². The number of likely N-dealkylation sites (N-methyl/N-ethyl adjacent to an activating group) is 2. The van der Waals surface area contributed by atoms with Crippen LogP contribution in [0.2, 0.25) is 5.02 Å². The molecule has 1 aliphatic rings. The van der Waals surface area contributed by atoms with Crippen LogP contribution in [0, 0.1) is 0 Å². The predicted molar refractivity (Wildman–Crippen MR) is 77.2 cm³/mol. The molecule has 1 fully saturated rings. The third-order valence-corrected chi connectivity index (χ3v) is 3.88. The van der Waals surface area contributed by atoms with E-state index in [1.165, 1.54) is 5.56 Å². The van der Waals surface area contributed by atoms with E-state index in [9.17, 15) is 0 Å². The van der Waals surface area contributed by atoms with Crippen molar-refractivity contribution in [1.82, 2.24) is 15.1 Å². The lowest BCUT2D eigenvalue weighted by Crippen LogP contribution is -2.47. The Morgan fingerprint density at radius 1 is 1.17 bits per heavy atom. The second-order valence-electron chi connectivity index (χ2n) is 4.96. The number of hydrogen-bond donors (Lipinski definition) is 1.